The Hall–Kier alpha value is -3.78. The van der Waals surface area contributed by atoms with Crippen molar-refractivity contribution in [3.63, 3.8) is 0 Å². The topological polar surface area (TPSA) is 69.5 Å². The minimum absolute atomic E-state index is 0. The summed E-state index contributed by atoms with van der Waals surface area (Å²) in [7, 11) is 3.36. The summed E-state index contributed by atoms with van der Waals surface area (Å²) >= 11 is 0. The van der Waals surface area contributed by atoms with Crippen LogP contribution in [0, 0.1) is 0 Å². The van der Waals surface area contributed by atoms with Gasteiger partial charge in [0, 0.05) is 23.8 Å². The number of hydrogen-bond donors (Lipinski definition) is 1. The summed E-state index contributed by atoms with van der Waals surface area (Å²) in [5.74, 6) is 3.99. The van der Waals surface area contributed by atoms with Gasteiger partial charge in [-0.3, -0.25) is 0 Å². The summed E-state index contributed by atoms with van der Waals surface area (Å²) in [5.41, 5.74) is 6.79. The van der Waals surface area contributed by atoms with E-state index in [1.165, 1.54) is 22.4 Å². The SMILES string of the molecule is COc1ccc2c(Cc3nc4ccccc4[nH]3)c3[n+](cc2c1OC)CCc1cc2c(cc1-3)OCO2.[Br-]. The molecule has 182 valence electrons. The number of benzene rings is 3. The molecule has 0 spiro atoms. The maximum Gasteiger partial charge on any atom is 0.231 e. The number of ether oxygens (including phenoxy) is 4. The Kier molecular flexibility index (Phi) is 5.48. The van der Waals surface area contributed by atoms with E-state index >= 15 is 0 Å². The van der Waals surface area contributed by atoms with Gasteiger partial charge in [0.05, 0.1) is 36.2 Å². The molecule has 3 aromatic carbocycles. The Labute approximate surface area is 218 Å². The maximum atomic E-state index is 5.83. The molecule has 8 heteroatoms. The maximum absolute atomic E-state index is 5.83. The van der Waals surface area contributed by atoms with Crippen LogP contribution in [0.3, 0.4) is 0 Å². The first-order valence-electron chi connectivity index (χ1n) is 11.7. The smallest absolute Gasteiger partial charge is 0.231 e. The van der Waals surface area contributed by atoms with E-state index in [2.05, 4.69) is 40.0 Å². The number of hydrogen-bond acceptors (Lipinski definition) is 5. The third kappa shape index (κ3) is 3.39. The van der Waals surface area contributed by atoms with Crippen molar-refractivity contribution in [2.45, 2.75) is 19.4 Å². The van der Waals surface area contributed by atoms with E-state index in [9.17, 15) is 0 Å². The second kappa shape index (κ2) is 8.71. The Balaban J connectivity index is 0.00000240. The molecule has 0 bridgehead atoms. The quantitative estimate of drug-likeness (QED) is 0.347. The Morgan fingerprint density at radius 3 is 2.64 bits per heavy atom. The van der Waals surface area contributed by atoms with Crippen LogP contribution in [0.1, 0.15) is 17.0 Å². The zero-order valence-electron chi connectivity index (χ0n) is 19.9. The van der Waals surface area contributed by atoms with Crippen molar-refractivity contribution in [3.05, 3.63) is 71.7 Å². The molecule has 36 heavy (non-hydrogen) atoms. The molecule has 2 aromatic heterocycles. The van der Waals surface area contributed by atoms with Crippen LogP contribution in [-0.4, -0.2) is 31.0 Å². The van der Waals surface area contributed by atoms with Gasteiger partial charge >= 0.3 is 0 Å². The molecule has 2 aliphatic rings. The monoisotopic (exact) mass is 545 g/mol. The fourth-order valence-electron chi connectivity index (χ4n) is 5.45. The number of rotatable bonds is 4. The van der Waals surface area contributed by atoms with E-state index in [4.69, 9.17) is 23.9 Å². The van der Waals surface area contributed by atoms with E-state index in [0.717, 1.165) is 63.6 Å². The second-order valence-corrected chi connectivity index (χ2v) is 8.90. The largest absolute Gasteiger partial charge is 1.00 e. The summed E-state index contributed by atoms with van der Waals surface area (Å²) in [6.45, 7) is 1.12. The minimum atomic E-state index is 0. The highest BCUT2D eigenvalue weighted by atomic mass is 79.9. The van der Waals surface area contributed by atoms with E-state index in [1.807, 2.05) is 24.3 Å². The van der Waals surface area contributed by atoms with Crippen molar-refractivity contribution in [2.24, 2.45) is 0 Å². The second-order valence-electron chi connectivity index (χ2n) is 8.90. The lowest BCUT2D eigenvalue weighted by molar-refractivity contribution is -0.686. The first kappa shape index (κ1) is 22.7. The number of fused-ring (bicyclic) bond motifs is 6. The molecule has 0 radical (unpaired) electrons. The average molecular weight is 546 g/mol. The number of aromatic nitrogens is 3. The Morgan fingerprint density at radius 1 is 1.00 bits per heavy atom. The van der Waals surface area contributed by atoms with Crippen LogP contribution in [-0.2, 0) is 19.4 Å². The molecule has 5 aromatic rings. The van der Waals surface area contributed by atoms with Gasteiger partial charge in [0.1, 0.15) is 5.82 Å². The number of aryl methyl sites for hydroxylation is 2. The third-order valence-corrected chi connectivity index (χ3v) is 7.03. The third-order valence-electron chi connectivity index (χ3n) is 7.03. The zero-order chi connectivity index (χ0) is 23.5. The van der Waals surface area contributed by atoms with Crippen LogP contribution < -0.4 is 40.5 Å². The highest BCUT2D eigenvalue weighted by Gasteiger charge is 2.32. The number of methoxy groups -OCH3 is 2. The lowest BCUT2D eigenvalue weighted by atomic mass is 9.90. The fourth-order valence-corrected chi connectivity index (χ4v) is 5.45. The van der Waals surface area contributed by atoms with Gasteiger partial charge in [-0.15, -0.1) is 0 Å². The zero-order valence-corrected chi connectivity index (χ0v) is 21.5. The number of halogens is 1. The Morgan fingerprint density at radius 2 is 1.83 bits per heavy atom. The lowest BCUT2D eigenvalue weighted by Gasteiger charge is -2.20. The van der Waals surface area contributed by atoms with Gasteiger partial charge in [-0.25, -0.2) is 4.98 Å². The van der Waals surface area contributed by atoms with E-state index in [1.54, 1.807) is 14.2 Å². The molecule has 0 aliphatic carbocycles. The van der Waals surface area contributed by atoms with Gasteiger partial charge in [0.2, 0.25) is 12.5 Å². The minimum Gasteiger partial charge on any atom is -1.00 e. The highest BCUT2D eigenvalue weighted by Crippen LogP contribution is 2.44. The number of aromatic amines is 1. The van der Waals surface area contributed by atoms with Crippen molar-refractivity contribution >= 4 is 21.8 Å². The van der Waals surface area contributed by atoms with Crippen molar-refractivity contribution in [2.75, 3.05) is 21.0 Å². The van der Waals surface area contributed by atoms with E-state index in [-0.39, 0.29) is 23.8 Å². The molecule has 0 atom stereocenters. The van der Waals surface area contributed by atoms with Gasteiger partial charge < -0.3 is 40.9 Å². The predicted octanol–water partition coefficient (Wildman–Crippen LogP) is 1.57. The van der Waals surface area contributed by atoms with Crippen LogP contribution in [0.25, 0.3) is 33.1 Å². The number of pyridine rings is 1. The van der Waals surface area contributed by atoms with Crippen LogP contribution in [0.5, 0.6) is 23.0 Å². The molecule has 7 rings (SSSR count). The van der Waals surface area contributed by atoms with Gasteiger partial charge in [-0.1, -0.05) is 12.1 Å². The van der Waals surface area contributed by atoms with Gasteiger partial charge in [0.25, 0.3) is 0 Å². The summed E-state index contributed by atoms with van der Waals surface area (Å²) in [6, 6.07) is 16.5. The van der Waals surface area contributed by atoms with Crippen LogP contribution in [0.2, 0.25) is 0 Å². The van der Waals surface area contributed by atoms with E-state index < -0.39 is 0 Å². The molecule has 1 N–H and O–H groups in total. The van der Waals surface area contributed by atoms with Crippen molar-refractivity contribution in [1.29, 1.82) is 0 Å². The molecule has 4 heterocycles. The molecule has 0 unspecified atom stereocenters. The highest BCUT2D eigenvalue weighted by molar-refractivity contribution is 5.95. The number of para-hydroxylation sites is 2. The van der Waals surface area contributed by atoms with Crippen LogP contribution in [0.15, 0.2) is 54.7 Å². The molecule has 0 saturated carbocycles. The molecule has 2 aliphatic heterocycles. The Bertz CT molecular complexity index is 1610. The summed E-state index contributed by atoms with van der Waals surface area (Å²) in [6.07, 6.45) is 3.73. The first-order valence-corrected chi connectivity index (χ1v) is 11.7. The van der Waals surface area contributed by atoms with Crippen LogP contribution in [0.4, 0.5) is 0 Å². The van der Waals surface area contributed by atoms with Gasteiger partial charge in [-0.2, -0.15) is 4.57 Å². The molecule has 0 fully saturated rings. The standard InChI is InChI=1S/C28H24N3O4.BrH/c1-32-23-8-7-17-19(13-26-29-21-5-3-4-6-22(21)30-26)27-18-12-25-24(34-15-35-25)11-16(18)9-10-31(27)14-20(17)28(23)33-2;/h3-8,11-12,14H,9-10,13,15H2,1-2H3,(H,29,30);1H/q+1;/p-1. The molecule has 0 amide bonds. The fraction of sp³-hybridized carbons (Fsp3) is 0.214. The lowest BCUT2D eigenvalue weighted by Crippen LogP contribution is -3.00. The number of nitrogens with one attached hydrogen (secondary N) is 1. The summed E-state index contributed by atoms with van der Waals surface area (Å²) < 4.78 is 25.2. The summed E-state index contributed by atoms with van der Waals surface area (Å²) in [5, 5.41) is 2.13. The van der Waals surface area contributed by atoms with Crippen LogP contribution >= 0.6 is 0 Å². The van der Waals surface area contributed by atoms with Gasteiger partial charge in [0.15, 0.2) is 35.7 Å². The number of imidazole rings is 1. The molecular weight excluding hydrogens is 522 g/mol. The molecular formula is C28H24BrN3O4. The molecule has 7 nitrogen and oxygen atoms in total. The van der Waals surface area contributed by atoms with Crippen molar-refractivity contribution in [1.82, 2.24) is 9.97 Å². The van der Waals surface area contributed by atoms with Crippen molar-refractivity contribution < 1.29 is 40.5 Å². The normalized spacial score (nSPS) is 13.3. The first-order chi connectivity index (χ1) is 17.2. The number of H-pyrrole nitrogens is 1. The number of nitrogens with zero attached hydrogens (tertiary/aromatic N) is 2. The van der Waals surface area contributed by atoms with Crippen molar-refractivity contribution in [3.8, 4) is 34.3 Å². The summed E-state index contributed by atoms with van der Waals surface area (Å²) in [4.78, 5) is 8.40. The average Bonchev–Trinajstić information content (AvgIpc) is 3.52. The predicted molar refractivity (Wildman–Crippen MR) is 131 cm³/mol. The molecule has 0 saturated heterocycles. The van der Waals surface area contributed by atoms with E-state index in [0.29, 0.717) is 6.42 Å². The van der Waals surface area contributed by atoms with Gasteiger partial charge in [-0.05, 0) is 42.0 Å².